The van der Waals surface area contributed by atoms with E-state index < -0.39 is 0 Å². The highest BCUT2D eigenvalue weighted by Crippen LogP contribution is 2.47. The van der Waals surface area contributed by atoms with Crippen LogP contribution in [0.4, 0.5) is 0 Å². The number of amides is 1. The van der Waals surface area contributed by atoms with Crippen LogP contribution in [0, 0.1) is 5.92 Å². The van der Waals surface area contributed by atoms with Crippen LogP contribution in [0.25, 0.3) is 5.76 Å². The van der Waals surface area contributed by atoms with Gasteiger partial charge in [0.15, 0.2) is 5.78 Å². The molecule has 130 valence electrons. The largest absolute Gasteiger partial charge is 0.506 e. The molecule has 2 aliphatic carbocycles. The molecule has 1 saturated carbocycles. The quantitative estimate of drug-likeness (QED) is 0.657. The molecule has 0 spiro atoms. The Hall–Kier alpha value is -3.21. The van der Waals surface area contributed by atoms with E-state index >= 15 is 0 Å². The first-order valence-corrected chi connectivity index (χ1v) is 8.54. The predicted molar refractivity (Wildman–Crippen MR) is 98.9 cm³/mol. The molecule has 0 radical (unpaired) electrons. The molecule has 1 amide bonds. The fourth-order valence-corrected chi connectivity index (χ4v) is 3.43. The molecule has 5 heteroatoms. The van der Waals surface area contributed by atoms with Gasteiger partial charge in [0.1, 0.15) is 5.76 Å². The van der Waals surface area contributed by atoms with Crippen molar-refractivity contribution >= 4 is 23.2 Å². The first kappa shape index (κ1) is 16.3. The number of ketones is 1. The lowest BCUT2D eigenvalue weighted by molar-refractivity contribution is -0.122. The van der Waals surface area contributed by atoms with Gasteiger partial charge in [0.25, 0.3) is 0 Å². The Morgan fingerprint density at radius 3 is 2.42 bits per heavy atom. The van der Waals surface area contributed by atoms with Crippen LogP contribution < -0.4 is 5.43 Å². The molecule has 1 fully saturated rings. The van der Waals surface area contributed by atoms with Crippen molar-refractivity contribution in [3.05, 3.63) is 76.9 Å². The van der Waals surface area contributed by atoms with E-state index in [-0.39, 0.29) is 34.9 Å². The second kappa shape index (κ2) is 6.26. The Kier molecular flexibility index (Phi) is 3.92. The van der Waals surface area contributed by atoms with Crippen molar-refractivity contribution in [1.29, 1.82) is 0 Å². The molecule has 0 bridgehead atoms. The molecule has 2 atom stereocenters. The Bertz CT molecular complexity index is 960. The second-order valence-electron chi connectivity index (χ2n) is 6.63. The lowest BCUT2D eigenvalue weighted by atomic mass is 10.1. The summed E-state index contributed by atoms with van der Waals surface area (Å²) in [6.07, 6.45) is 0.794. The summed E-state index contributed by atoms with van der Waals surface area (Å²) >= 11 is 0. The van der Waals surface area contributed by atoms with E-state index in [9.17, 15) is 14.7 Å². The van der Waals surface area contributed by atoms with Gasteiger partial charge >= 0.3 is 0 Å². The fraction of sp³-hybridized carbons (Fsp3) is 0.190. The summed E-state index contributed by atoms with van der Waals surface area (Å²) < 4.78 is 0. The molecule has 4 rings (SSSR count). The van der Waals surface area contributed by atoms with Gasteiger partial charge in [0.05, 0.1) is 11.3 Å². The summed E-state index contributed by atoms with van der Waals surface area (Å²) in [5, 5.41) is 14.4. The minimum absolute atomic E-state index is 0.0883. The molecule has 2 aliphatic rings. The number of hydrogen-bond acceptors (Lipinski definition) is 4. The smallest absolute Gasteiger partial charge is 0.243 e. The monoisotopic (exact) mass is 346 g/mol. The van der Waals surface area contributed by atoms with Crippen molar-refractivity contribution in [3.8, 4) is 0 Å². The molecule has 5 nitrogen and oxygen atoms in total. The zero-order chi connectivity index (χ0) is 18.3. The fourth-order valence-electron chi connectivity index (χ4n) is 3.43. The molecule has 0 saturated heterocycles. The van der Waals surface area contributed by atoms with Crippen LogP contribution in [-0.2, 0) is 4.79 Å². The number of nitrogens with zero attached hydrogens (tertiary/aromatic N) is 1. The molecule has 2 N–H and O–H groups in total. The summed E-state index contributed by atoms with van der Waals surface area (Å²) in [6, 6.07) is 16.8. The molecule has 2 aromatic carbocycles. The van der Waals surface area contributed by atoms with Crippen molar-refractivity contribution in [2.75, 3.05) is 0 Å². The van der Waals surface area contributed by atoms with Gasteiger partial charge in [-0.3, -0.25) is 9.59 Å². The summed E-state index contributed by atoms with van der Waals surface area (Å²) in [5.74, 6) is -0.414. The van der Waals surface area contributed by atoms with Crippen LogP contribution in [0.15, 0.2) is 65.3 Å². The first-order chi connectivity index (χ1) is 12.6. The summed E-state index contributed by atoms with van der Waals surface area (Å²) in [6.45, 7) is 1.61. The molecule has 0 aromatic heterocycles. The maximum Gasteiger partial charge on any atom is 0.243 e. The lowest BCUT2D eigenvalue weighted by Gasteiger charge is -2.04. The van der Waals surface area contributed by atoms with E-state index in [1.165, 1.54) is 0 Å². The summed E-state index contributed by atoms with van der Waals surface area (Å²) in [7, 11) is 0. The van der Waals surface area contributed by atoms with Crippen LogP contribution in [0.2, 0.25) is 0 Å². The number of hydrogen-bond donors (Lipinski definition) is 2. The lowest BCUT2D eigenvalue weighted by Crippen LogP contribution is -2.22. The molecular formula is C21H18N2O3. The number of nitrogens with one attached hydrogen (secondary N) is 1. The van der Waals surface area contributed by atoms with E-state index in [1.807, 2.05) is 30.3 Å². The maximum atomic E-state index is 12.5. The minimum Gasteiger partial charge on any atom is -0.506 e. The van der Waals surface area contributed by atoms with Crippen LogP contribution in [0.1, 0.15) is 40.7 Å². The van der Waals surface area contributed by atoms with Gasteiger partial charge in [-0.15, -0.1) is 0 Å². The topological polar surface area (TPSA) is 78.8 Å². The van der Waals surface area contributed by atoms with Gasteiger partial charge in [-0.25, -0.2) is 5.43 Å². The number of Topliss-reactive ketones (excluding diaryl/α,β-unsaturated/α-hetero) is 1. The number of aliphatic hydroxyl groups excluding tert-OH is 1. The van der Waals surface area contributed by atoms with Gasteiger partial charge in [0, 0.05) is 17.0 Å². The van der Waals surface area contributed by atoms with Crippen LogP contribution in [0.3, 0.4) is 0 Å². The number of carbonyl (C=O) groups excluding carboxylic acids is 2. The molecule has 0 unspecified atom stereocenters. The van der Waals surface area contributed by atoms with Crippen molar-refractivity contribution in [3.63, 3.8) is 0 Å². The predicted octanol–water partition coefficient (Wildman–Crippen LogP) is 3.45. The number of hydrazone groups is 1. The Labute approximate surface area is 151 Å². The third-order valence-electron chi connectivity index (χ3n) is 4.94. The number of fused-ring (bicyclic) bond motifs is 1. The zero-order valence-electron chi connectivity index (χ0n) is 14.3. The van der Waals surface area contributed by atoms with Crippen molar-refractivity contribution in [1.82, 2.24) is 5.43 Å². The van der Waals surface area contributed by atoms with Crippen molar-refractivity contribution in [2.24, 2.45) is 11.0 Å². The van der Waals surface area contributed by atoms with E-state index in [1.54, 1.807) is 31.2 Å². The van der Waals surface area contributed by atoms with Crippen molar-refractivity contribution < 1.29 is 14.7 Å². The normalized spacial score (nSPS) is 21.6. The van der Waals surface area contributed by atoms with E-state index in [0.717, 1.165) is 12.0 Å². The van der Waals surface area contributed by atoms with Gasteiger partial charge in [-0.1, -0.05) is 54.6 Å². The highest BCUT2D eigenvalue weighted by molar-refractivity contribution is 6.35. The third kappa shape index (κ3) is 2.71. The van der Waals surface area contributed by atoms with E-state index in [0.29, 0.717) is 16.8 Å². The number of aliphatic hydroxyl groups is 1. The summed E-state index contributed by atoms with van der Waals surface area (Å²) in [5.41, 5.74) is 5.08. The number of allylic oxidation sites excluding steroid dienone is 1. The van der Waals surface area contributed by atoms with Crippen molar-refractivity contribution in [2.45, 2.75) is 19.3 Å². The van der Waals surface area contributed by atoms with Crippen LogP contribution in [0.5, 0.6) is 0 Å². The highest BCUT2D eigenvalue weighted by Gasteiger charge is 2.44. The Morgan fingerprint density at radius 2 is 1.73 bits per heavy atom. The summed E-state index contributed by atoms with van der Waals surface area (Å²) in [4.78, 5) is 24.8. The Balaban J connectivity index is 1.46. The number of benzene rings is 2. The average molecular weight is 346 g/mol. The van der Waals surface area contributed by atoms with Crippen LogP contribution in [-0.4, -0.2) is 22.5 Å². The second-order valence-corrected chi connectivity index (χ2v) is 6.63. The zero-order valence-corrected chi connectivity index (χ0v) is 14.3. The van der Waals surface area contributed by atoms with Crippen LogP contribution >= 0.6 is 0 Å². The highest BCUT2D eigenvalue weighted by atomic mass is 16.3. The van der Waals surface area contributed by atoms with Gasteiger partial charge in [-0.05, 0) is 24.8 Å². The van der Waals surface area contributed by atoms with E-state index in [2.05, 4.69) is 10.5 Å². The molecular weight excluding hydrogens is 328 g/mol. The average Bonchev–Trinajstić information content (AvgIpc) is 3.43. The molecule has 0 aliphatic heterocycles. The standard InChI is InChI=1S/C21H18N2O3/c1-12(18-19(24)14-9-5-6-10-15(14)20(18)25)22-23-21(26)17-11-16(17)13-7-3-2-4-8-13/h2-10,16-17,24H,11H2,1H3,(H,23,26)/b22-12+/t16-,17-/m0/s1. The van der Waals surface area contributed by atoms with Gasteiger partial charge in [-0.2, -0.15) is 5.10 Å². The molecule has 2 aromatic rings. The molecule has 26 heavy (non-hydrogen) atoms. The van der Waals surface area contributed by atoms with Gasteiger partial charge in [0.2, 0.25) is 5.91 Å². The number of rotatable bonds is 4. The SMILES string of the molecule is C/C(=N\NC(=O)[C@H]1C[C@H]1c1ccccc1)C1=C(O)c2ccccc2C1=O. The molecule has 0 heterocycles. The maximum absolute atomic E-state index is 12.5. The third-order valence-corrected chi connectivity index (χ3v) is 4.94. The minimum atomic E-state index is -0.276. The first-order valence-electron chi connectivity index (χ1n) is 8.54. The number of carbonyl (C=O) groups is 2. The van der Waals surface area contributed by atoms with Gasteiger partial charge < -0.3 is 5.11 Å². The van der Waals surface area contributed by atoms with E-state index in [4.69, 9.17) is 0 Å². The Morgan fingerprint density at radius 1 is 1.08 bits per heavy atom.